The molecule has 0 saturated heterocycles. The smallest absolute Gasteiger partial charge is 0.419 e. The van der Waals surface area contributed by atoms with Gasteiger partial charge in [0.05, 0.1) is 29.3 Å². The SMILES string of the molecule is COc1cccc(C=Cc2nc3ccccc3c(=O)n2-c2ccc(F)c(C(F)(F)F)c2)c1O. The van der Waals surface area contributed by atoms with E-state index in [2.05, 4.69) is 4.98 Å². The molecule has 0 aliphatic heterocycles. The lowest BCUT2D eigenvalue weighted by atomic mass is 10.1. The standard InChI is InChI=1S/C24H16F4N2O3/c1-33-20-8-4-5-14(22(20)31)9-12-21-29-19-7-3-2-6-16(19)23(32)30(21)15-10-11-18(25)17(13-15)24(26,27)28/h2-13,31H,1H3. The third kappa shape index (κ3) is 4.17. The molecule has 1 heterocycles. The highest BCUT2D eigenvalue weighted by Crippen LogP contribution is 2.33. The van der Waals surface area contributed by atoms with E-state index in [1.165, 1.54) is 25.3 Å². The van der Waals surface area contributed by atoms with Crippen LogP contribution in [-0.2, 0) is 6.18 Å². The summed E-state index contributed by atoms with van der Waals surface area (Å²) in [5.74, 6) is -1.41. The lowest BCUT2D eigenvalue weighted by molar-refractivity contribution is -0.140. The normalized spacial score (nSPS) is 11.9. The van der Waals surface area contributed by atoms with Crippen molar-refractivity contribution >= 4 is 23.1 Å². The Morgan fingerprint density at radius 1 is 1.03 bits per heavy atom. The zero-order chi connectivity index (χ0) is 23.8. The summed E-state index contributed by atoms with van der Waals surface area (Å²) in [5, 5.41) is 10.5. The van der Waals surface area contributed by atoms with Crippen LogP contribution >= 0.6 is 0 Å². The molecule has 0 aliphatic rings. The molecule has 0 radical (unpaired) electrons. The minimum atomic E-state index is -4.95. The van der Waals surface area contributed by atoms with Gasteiger partial charge >= 0.3 is 6.18 Å². The quantitative estimate of drug-likeness (QED) is 0.416. The first-order chi connectivity index (χ1) is 15.7. The molecule has 4 rings (SSSR count). The van der Waals surface area contributed by atoms with Gasteiger partial charge in [0.15, 0.2) is 11.5 Å². The molecule has 0 spiro atoms. The molecule has 0 unspecified atom stereocenters. The fourth-order valence-electron chi connectivity index (χ4n) is 3.38. The number of benzene rings is 3. The van der Waals surface area contributed by atoms with Crippen LogP contribution in [-0.4, -0.2) is 21.8 Å². The summed E-state index contributed by atoms with van der Waals surface area (Å²) in [5.41, 5.74) is -1.68. The van der Waals surface area contributed by atoms with Crippen LogP contribution in [0.1, 0.15) is 17.0 Å². The Kier molecular flexibility index (Phi) is 5.63. The molecule has 3 aromatic carbocycles. The Morgan fingerprint density at radius 2 is 1.79 bits per heavy atom. The molecule has 4 aromatic rings. The summed E-state index contributed by atoms with van der Waals surface area (Å²) in [6, 6.07) is 13.4. The Balaban J connectivity index is 1.96. The highest BCUT2D eigenvalue weighted by Gasteiger charge is 2.34. The van der Waals surface area contributed by atoms with Crippen molar-refractivity contribution < 1.29 is 27.4 Å². The number of alkyl halides is 3. The summed E-state index contributed by atoms with van der Waals surface area (Å²) in [4.78, 5) is 17.6. The van der Waals surface area contributed by atoms with Crippen molar-refractivity contribution in [3.63, 3.8) is 0 Å². The van der Waals surface area contributed by atoms with Gasteiger partial charge in [0, 0.05) is 5.56 Å². The summed E-state index contributed by atoms with van der Waals surface area (Å²) in [6.45, 7) is 0. The molecule has 0 saturated carbocycles. The van der Waals surface area contributed by atoms with Crippen LogP contribution in [0.15, 0.2) is 65.5 Å². The number of halogens is 4. The van der Waals surface area contributed by atoms with Crippen LogP contribution in [0.4, 0.5) is 17.6 Å². The van der Waals surface area contributed by atoms with Crippen molar-refractivity contribution in [2.45, 2.75) is 6.18 Å². The Hall–Kier alpha value is -4.14. The van der Waals surface area contributed by atoms with Crippen LogP contribution in [0.5, 0.6) is 11.5 Å². The molecule has 0 amide bonds. The monoisotopic (exact) mass is 456 g/mol. The molecule has 0 fully saturated rings. The third-order valence-electron chi connectivity index (χ3n) is 4.98. The van der Waals surface area contributed by atoms with Gasteiger partial charge in [0.2, 0.25) is 0 Å². The highest BCUT2D eigenvalue weighted by molar-refractivity contribution is 5.80. The van der Waals surface area contributed by atoms with E-state index in [9.17, 15) is 27.5 Å². The van der Waals surface area contributed by atoms with E-state index in [-0.39, 0.29) is 28.4 Å². The third-order valence-corrected chi connectivity index (χ3v) is 4.98. The molecule has 0 aliphatic carbocycles. The topological polar surface area (TPSA) is 64.3 Å². The van der Waals surface area contributed by atoms with Gasteiger partial charge in [-0.2, -0.15) is 13.2 Å². The van der Waals surface area contributed by atoms with Crippen LogP contribution in [0.2, 0.25) is 0 Å². The van der Waals surface area contributed by atoms with Crippen LogP contribution in [0, 0.1) is 5.82 Å². The van der Waals surface area contributed by atoms with Gasteiger partial charge in [0.25, 0.3) is 5.56 Å². The van der Waals surface area contributed by atoms with Gasteiger partial charge in [0.1, 0.15) is 11.6 Å². The van der Waals surface area contributed by atoms with Crippen molar-refractivity contribution in [3.05, 3.63) is 93.8 Å². The van der Waals surface area contributed by atoms with Gasteiger partial charge in [-0.15, -0.1) is 0 Å². The Labute approximate surface area is 184 Å². The average molecular weight is 456 g/mol. The summed E-state index contributed by atoms with van der Waals surface area (Å²) in [6.07, 6.45) is -2.13. The number of methoxy groups -OCH3 is 1. The molecule has 1 aromatic heterocycles. The second kappa shape index (κ2) is 8.42. The Morgan fingerprint density at radius 3 is 2.52 bits per heavy atom. The van der Waals surface area contributed by atoms with Crippen molar-refractivity contribution in [2.75, 3.05) is 7.11 Å². The molecule has 33 heavy (non-hydrogen) atoms. The Bertz CT molecular complexity index is 1440. The van der Waals surface area contributed by atoms with E-state index in [1.54, 1.807) is 36.4 Å². The molecule has 1 N–H and O–H groups in total. The van der Waals surface area contributed by atoms with E-state index in [1.807, 2.05) is 0 Å². The molecular formula is C24H16F4N2O3. The maximum Gasteiger partial charge on any atom is 0.419 e. The second-order valence-corrected chi connectivity index (χ2v) is 7.02. The van der Waals surface area contributed by atoms with Crippen molar-refractivity contribution in [3.8, 4) is 17.2 Å². The van der Waals surface area contributed by atoms with Crippen LogP contribution < -0.4 is 10.3 Å². The number of nitrogens with zero attached hydrogens (tertiary/aromatic N) is 2. The largest absolute Gasteiger partial charge is 0.504 e. The number of hydrogen-bond donors (Lipinski definition) is 1. The summed E-state index contributed by atoms with van der Waals surface area (Å²) < 4.78 is 59.7. The van der Waals surface area contributed by atoms with Crippen LogP contribution in [0.25, 0.3) is 28.7 Å². The maximum atomic E-state index is 13.8. The number of hydrogen-bond acceptors (Lipinski definition) is 4. The molecular weight excluding hydrogens is 440 g/mol. The van der Waals surface area contributed by atoms with Crippen molar-refractivity contribution in [2.24, 2.45) is 0 Å². The molecule has 0 bridgehead atoms. The minimum absolute atomic E-state index is 0.0133. The van der Waals surface area contributed by atoms with E-state index in [4.69, 9.17) is 4.74 Å². The molecule has 9 heteroatoms. The molecule has 5 nitrogen and oxygen atoms in total. The first kappa shape index (κ1) is 22.1. The number of aromatic nitrogens is 2. The van der Waals surface area contributed by atoms with E-state index >= 15 is 0 Å². The highest BCUT2D eigenvalue weighted by atomic mass is 19.4. The first-order valence-corrected chi connectivity index (χ1v) is 9.63. The number of phenolic OH excluding ortho intramolecular Hbond substituents is 1. The number of phenols is 1. The fraction of sp³-hybridized carbons (Fsp3) is 0.0833. The van der Waals surface area contributed by atoms with Gasteiger partial charge < -0.3 is 9.84 Å². The lowest BCUT2D eigenvalue weighted by Gasteiger charge is -2.14. The van der Waals surface area contributed by atoms with Gasteiger partial charge in [-0.3, -0.25) is 9.36 Å². The van der Waals surface area contributed by atoms with Gasteiger partial charge in [-0.05, 0) is 48.6 Å². The van der Waals surface area contributed by atoms with Gasteiger partial charge in [-0.1, -0.05) is 24.3 Å². The molecule has 168 valence electrons. The number of ether oxygens (including phenoxy) is 1. The minimum Gasteiger partial charge on any atom is -0.504 e. The fourth-order valence-corrected chi connectivity index (χ4v) is 3.38. The van der Waals surface area contributed by atoms with Gasteiger partial charge in [-0.25, -0.2) is 9.37 Å². The number of fused-ring (bicyclic) bond motifs is 1. The van der Waals surface area contributed by atoms with Crippen LogP contribution in [0.3, 0.4) is 0 Å². The maximum absolute atomic E-state index is 13.8. The average Bonchev–Trinajstić information content (AvgIpc) is 2.78. The van der Waals surface area contributed by atoms with E-state index in [0.29, 0.717) is 23.2 Å². The predicted molar refractivity (Wildman–Crippen MR) is 116 cm³/mol. The predicted octanol–water partition coefficient (Wildman–Crippen LogP) is 5.43. The second-order valence-electron chi connectivity index (χ2n) is 7.02. The first-order valence-electron chi connectivity index (χ1n) is 9.63. The molecule has 0 atom stereocenters. The summed E-state index contributed by atoms with van der Waals surface area (Å²) >= 11 is 0. The summed E-state index contributed by atoms with van der Waals surface area (Å²) in [7, 11) is 1.39. The van der Waals surface area contributed by atoms with E-state index < -0.39 is 23.1 Å². The zero-order valence-electron chi connectivity index (χ0n) is 17.1. The van der Waals surface area contributed by atoms with Crippen molar-refractivity contribution in [1.29, 1.82) is 0 Å². The van der Waals surface area contributed by atoms with E-state index in [0.717, 1.165) is 10.6 Å². The number of rotatable bonds is 4. The zero-order valence-corrected chi connectivity index (χ0v) is 17.1. The number of aromatic hydroxyl groups is 1. The lowest BCUT2D eigenvalue weighted by Crippen LogP contribution is -2.23. The van der Waals surface area contributed by atoms with Crippen molar-refractivity contribution in [1.82, 2.24) is 9.55 Å². The number of para-hydroxylation sites is 2.